The second-order valence-corrected chi connectivity index (χ2v) is 9.26. The molecule has 2 aliphatic rings. The van der Waals surface area contributed by atoms with E-state index in [2.05, 4.69) is 10.3 Å². The summed E-state index contributed by atoms with van der Waals surface area (Å²) in [7, 11) is 0. The quantitative estimate of drug-likeness (QED) is 0.402. The number of hydrogen-bond acceptors (Lipinski definition) is 5. The summed E-state index contributed by atoms with van der Waals surface area (Å²) in [6, 6.07) is 14.5. The molecule has 9 nitrogen and oxygen atoms in total. The first-order valence-electron chi connectivity index (χ1n) is 12.0. The number of H-pyrrole nitrogens is 1. The molecule has 1 saturated heterocycles. The lowest BCUT2D eigenvalue weighted by atomic mass is 10.0. The van der Waals surface area contributed by atoms with E-state index >= 15 is 0 Å². The summed E-state index contributed by atoms with van der Waals surface area (Å²) in [5.41, 5.74) is 10.3. The molecule has 182 valence electrons. The minimum Gasteiger partial charge on any atom is -0.378 e. The average Bonchev–Trinajstić information content (AvgIpc) is 3.65. The summed E-state index contributed by atoms with van der Waals surface area (Å²) in [5.74, 6) is -0.738. The van der Waals surface area contributed by atoms with Gasteiger partial charge in [-0.2, -0.15) is 0 Å². The van der Waals surface area contributed by atoms with Crippen LogP contribution in [0.2, 0.25) is 0 Å². The molecule has 1 aliphatic heterocycles. The smallest absolute Gasteiger partial charge is 0.254 e. The predicted molar refractivity (Wildman–Crippen MR) is 135 cm³/mol. The standard InChI is InChI=1S/C27H25N5O4/c28-25(33)20-14-21(15-1-3-16(4-2-15)26(34)29-18-6-7-18)30-23-19-8-5-17(13-22(19)31-24(20)23)27(35)32-9-11-36-12-10-32/h1-5,8,13-14,18,31H,6-7,9-12H2,(H2,28,33)(H,29,34). The van der Waals surface area contributed by atoms with Gasteiger partial charge in [0.15, 0.2) is 0 Å². The molecule has 9 heteroatoms. The lowest BCUT2D eigenvalue weighted by Crippen LogP contribution is -2.40. The number of hydrogen-bond donors (Lipinski definition) is 3. The lowest BCUT2D eigenvalue weighted by Gasteiger charge is -2.26. The number of primary amides is 1. The van der Waals surface area contributed by atoms with Gasteiger partial charge in [-0.1, -0.05) is 12.1 Å². The molecular formula is C27H25N5O4. The Labute approximate surface area is 206 Å². The van der Waals surface area contributed by atoms with Crippen molar-refractivity contribution < 1.29 is 19.1 Å². The third-order valence-corrected chi connectivity index (χ3v) is 6.72. The fourth-order valence-electron chi connectivity index (χ4n) is 4.57. The van der Waals surface area contributed by atoms with E-state index in [1.807, 2.05) is 18.2 Å². The van der Waals surface area contributed by atoms with Crippen LogP contribution in [0, 0.1) is 0 Å². The molecule has 3 amide bonds. The Morgan fingerprint density at radius 2 is 1.72 bits per heavy atom. The number of carbonyl (C=O) groups excluding carboxylic acids is 3. The van der Waals surface area contributed by atoms with Gasteiger partial charge in [0.25, 0.3) is 17.7 Å². The normalized spacial score (nSPS) is 15.8. The van der Waals surface area contributed by atoms with Crippen LogP contribution in [0.1, 0.15) is 43.9 Å². The first kappa shape index (κ1) is 22.2. The minimum atomic E-state index is -0.583. The topological polar surface area (TPSA) is 130 Å². The molecule has 2 aromatic heterocycles. The van der Waals surface area contributed by atoms with Crippen molar-refractivity contribution in [1.82, 2.24) is 20.2 Å². The van der Waals surface area contributed by atoms with E-state index in [-0.39, 0.29) is 17.9 Å². The summed E-state index contributed by atoms with van der Waals surface area (Å²) >= 11 is 0. The Balaban J connectivity index is 1.38. The zero-order valence-electron chi connectivity index (χ0n) is 19.5. The van der Waals surface area contributed by atoms with E-state index in [9.17, 15) is 14.4 Å². The van der Waals surface area contributed by atoms with Crippen LogP contribution in [-0.2, 0) is 4.74 Å². The number of carbonyl (C=O) groups is 3. The molecule has 6 rings (SSSR count). The molecule has 0 bridgehead atoms. The molecule has 2 aromatic carbocycles. The summed E-state index contributed by atoms with van der Waals surface area (Å²) in [6.45, 7) is 2.17. The van der Waals surface area contributed by atoms with Gasteiger partial charge < -0.3 is 25.7 Å². The second kappa shape index (κ2) is 8.76. The van der Waals surface area contributed by atoms with Crippen LogP contribution in [0.15, 0.2) is 48.5 Å². The van der Waals surface area contributed by atoms with E-state index in [0.717, 1.165) is 23.8 Å². The molecule has 1 saturated carbocycles. The van der Waals surface area contributed by atoms with Crippen LogP contribution < -0.4 is 11.1 Å². The fourth-order valence-corrected chi connectivity index (χ4v) is 4.57. The van der Waals surface area contributed by atoms with Crippen LogP contribution in [0.3, 0.4) is 0 Å². The number of ether oxygens (including phenoxy) is 1. The van der Waals surface area contributed by atoms with E-state index in [0.29, 0.717) is 65.2 Å². The van der Waals surface area contributed by atoms with Gasteiger partial charge in [0.05, 0.1) is 35.5 Å². The first-order chi connectivity index (χ1) is 17.5. The summed E-state index contributed by atoms with van der Waals surface area (Å²) in [6.07, 6.45) is 2.05. The number of nitrogens with zero attached hydrogens (tertiary/aromatic N) is 2. The Hall–Kier alpha value is -4.24. The first-order valence-corrected chi connectivity index (χ1v) is 12.0. The number of aromatic amines is 1. The monoisotopic (exact) mass is 483 g/mol. The molecule has 3 heterocycles. The van der Waals surface area contributed by atoms with Gasteiger partial charge in [-0.15, -0.1) is 0 Å². The van der Waals surface area contributed by atoms with Crippen LogP contribution in [0.5, 0.6) is 0 Å². The number of morpholine rings is 1. The predicted octanol–water partition coefficient (Wildman–Crippen LogP) is 2.85. The summed E-state index contributed by atoms with van der Waals surface area (Å²) in [4.78, 5) is 47.5. The Kier molecular flexibility index (Phi) is 5.41. The molecular weight excluding hydrogens is 458 g/mol. The highest BCUT2D eigenvalue weighted by Gasteiger charge is 2.24. The maximum Gasteiger partial charge on any atom is 0.254 e. The van der Waals surface area contributed by atoms with Crippen LogP contribution in [0.25, 0.3) is 33.2 Å². The van der Waals surface area contributed by atoms with Crippen molar-refractivity contribution in [2.45, 2.75) is 18.9 Å². The highest BCUT2D eigenvalue weighted by molar-refractivity contribution is 6.14. The van der Waals surface area contributed by atoms with Gasteiger partial charge in [0.1, 0.15) is 0 Å². The van der Waals surface area contributed by atoms with Crippen LogP contribution in [0.4, 0.5) is 0 Å². The maximum atomic E-state index is 12.9. The number of nitrogens with one attached hydrogen (secondary N) is 2. The molecule has 4 N–H and O–H groups in total. The number of rotatable bonds is 5. The van der Waals surface area contributed by atoms with Gasteiger partial charge in [-0.05, 0) is 49.2 Å². The molecule has 0 spiro atoms. The fraction of sp³-hybridized carbons (Fsp3) is 0.259. The minimum absolute atomic E-state index is 0.0616. The Bertz CT molecular complexity index is 1510. The van der Waals surface area contributed by atoms with Crippen molar-refractivity contribution in [2.24, 2.45) is 5.73 Å². The van der Waals surface area contributed by atoms with E-state index < -0.39 is 5.91 Å². The van der Waals surface area contributed by atoms with Crippen LogP contribution >= 0.6 is 0 Å². The molecule has 1 aliphatic carbocycles. The SMILES string of the molecule is NC(=O)c1cc(-c2ccc(C(=O)NC3CC3)cc2)nc2c1[nH]c1cc(C(=O)N3CCOCC3)ccc12. The van der Waals surface area contributed by atoms with Crippen molar-refractivity contribution >= 4 is 39.7 Å². The van der Waals surface area contributed by atoms with Crippen molar-refractivity contribution in [3.8, 4) is 11.3 Å². The highest BCUT2D eigenvalue weighted by Crippen LogP contribution is 2.31. The molecule has 0 radical (unpaired) electrons. The van der Waals surface area contributed by atoms with Gasteiger partial charge in [0.2, 0.25) is 0 Å². The number of fused-ring (bicyclic) bond motifs is 3. The zero-order chi connectivity index (χ0) is 24.8. The number of aromatic nitrogens is 2. The Morgan fingerprint density at radius 1 is 1.00 bits per heavy atom. The van der Waals surface area contributed by atoms with Gasteiger partial charge >= 0.3 is 0 Å². The van der Waals surface area contributed by atoms with E-state index in [1.165, 1.54) is 0 Å². The molecule has 36 heavy (non-hydrogen) atoms. The number of amides is 3. The highest BCUT2D eigenvalue weighted by atomic mass is 16.5. The van der Waals surface area contributed by atoms with Crippen molar-refractivity contribution in [1.29, 1.82) is 0 Å². The maximum absolute atomic E-state index is 12.9. The second-order valence-electron chi connectivity index (χ2n) is 9.26. The third kappa shape index (κ3) is 4.07. The molecule has 4 aromatic rings. The number of benzene rings is 2. The van der Waals surface area contributed by atoms with Crippen molar-refractivity contribution in [3.63, 3.8) is 0 Å². The number of nitrogens with two attached hydrogens (primary N) is 1. The van der Waals surface area contributed by atoms with Crippen molar-refractivity contribution in [3.05, 3.63) is 65.2 Å². The third-order valence-electron chi connectivity index (χ3n) is 6.72. The van der Waals surface area contributed by atoms with Gasteiger partial charge in [0, 0.05) is 46.7 Å². The average molecular weight is 484 g/mol. The summed E-state index contributed by atoms with van der Waals surface area (Å²) in [5, 5.41) is 3.76. The molecule has 0 atom stereocenters. The zero-order valence-corrected chi connectivity index (χ0v) is 19.5. The molecule has 0 unspecified atom stereocenters. The van der Waals surface area contributed by atoms with Crippen molar-refractivity contribution in [2.75, 3.05) is 26.3 Å². The van der Waals surface area contributed by atoms with Crippen LogP contribution in [-0.4, -0.2) is 64.9 Å². The van der Waals surface area contributed by atoms with E-state index in [1.54, 1.807) is 35.2 Å². The number of pyridine rings is 1. The van der Waals surface area contributed by atoms with Gasteiger partial charge in [-0.25, -0.2) is 4.98 Å². The summed E-state index contributed by atoms with van der Waals surface area (Å²) < 4.78 is 5.34. The largest absolute Gasteiger partial charge is 0.378 e. The molecule has 2 fully saturated rings. The lowest BCUT2D eigenvalue weighted by molar-refractivity contribution is 0.0303. The Morgan fingerprint density at radius 3 is 2.42 bits per heavy atom. The van der Waals surface area contributed by atoms with E-state index in [4.69, 9.17) is 15.5 Å². The van der Waals surface area contributed by atoms with Gasteiger partial charge in [-0.3, -0.25) is 14.4 Å².